The van der Waals surface area contributed by atoms with Gasteiger partial charge in [-0.2, -0.15) is 0 Å². The van der Waals surface area contributed by atoms with E-state index in [1.54, 1.807) is 43.3 Å². The third-order valence-corrected chi connectivity index (χ3v) is 14.5. The van der Waals surface area contributed by atoms with Crippen LogP contribution in [-0.4, -0.2) is 84.5 Å². The molecule has 2 saturated carbocycles. The van der Waals surface area contributed by atoms with Gasteiger partial charge in [-0.05, 0) is 99.6 Å². The Hall–Kier alpha value is -4.85. The normalized spacial score (nSPS) is 28.5. The smallest absolute Gasteiger partial charge is 0.274 e. The van der Waals surface area contributed by atoms with Crippen molar-refractivity contribution in [3.05, 3.63) is 76.6 Å². The van der Waals surface area contributed by atoms with Crippen LogP contribution in [0, 0.1) is 29.1 Å². The van der Waals surface area contributed by atoms with Gasteiger partial charge in [0.05, 0.1) is 34.0 Å². The molecule has 1 N–H and O–H groups in total. The number of ketones is 2. The summed E-state index contributed by atoms with van der Waals surface area (Å²) in [5.41, 5.74) is -0.103. The van der Waals surface area contributed by atoms with Gasteiger partial charge >= 0.3 is 0 Å². The molecule has 3 aromatic rings. The number of aryl methyl sites for hydroxylation is 1. The fourth-order valence-electron chi connectivity index (χ4n) is 8.91. The van der Waals surface area contributed by atoms with Crippen molar-refractivity contribution in [1.82, 2.24) is 19.4 Å². The predicted molar refractivity (Wildman–Crippen MR) is 221 cm³/mol. The zero-order valence-corrected chi connectivity index (χ0v) is 34.9. The quantitative estimate of drug-likeness (QED) is 0.210. The summed E-state index contributed by atoms with van der Waals surface area (Å²) in [4.78, 5) is 74.3. The lowest BCUT2D eigenvalue weighted by molar-refractivity contribution is -0.143. The number of carbonyl (C=O) groups is 4. The molecule has 58 heavy (non-hydrogen) atoms. The molecular formula is C44H55N5O8S. The zero-order valence-electron chi connectivity index (χ0n) is 34.1. The molecule has 0 unspecified atom stereocenters. The van der Waals surface area contributed by atoms with Crippen LogP contribution in [0.25, 0.3) is 10.8 Å². The van der Waals surface area contributed by atoms with Crippen molar-refractivity contribution in [1.29, 1.82) is 0 Å². The maximum absolute atomic E-state index is 15.1. The SMILES string of the molecule is CCn1nc(O[C@@H]2C[C@H]3C(=O)C[C@]4(C(=O)NS(=O)(=O)C5CC5)C[C@H]4/C=C\CC[C@H](C)C[C@@H](C)[C@H](CC(=O)c4ccc(N(C)C)cc4)C(=O)N3C2)c2ccccc2c1=O. The maximum Gasteiger partial charge on any atom is 0.274 e. The molecule has 310 valence electrons. The van der Waals surface area contributed by atoms with Gasteiger partial charge < -0.3 is 14.5 Å². The van der Waals surface area contributed by atoms with E-state index in [1.165, 1.54) is 9.58 Å². The monoisotopic (exact) mass is 813 g/mol. The van der Waals surface area contributed by atoms with Gasteiger partial charge in [0.25, 0.3) is 5.56 Å². The molecule has 3 fully saturated rings. The first-order chi connectivity index (χ1) is 27.6. The molecule has 2 aromatic carbocycles. The average molecular weight is 814 g/mol. The van der Waals surface area contributed by atoms with Crippen molar-refractivity contribution in [2.24, 2.45) is 29.1 Å². The van der Waals surface area contributed by atoms with Gasteiger partial charge in [0, 0.05) is 57.1 Å². The third-order valence-electron chi connectivity index (χ3n) is 12.7. The molecule has 2 aliphatic heterocycles. The first-order valence-corrected chi connectivity index (χ1v) is 22.2. The lowest BCUT2D eigenvalue weighted by Crippen LogP contribution is -2.47. The molecule has 1 aromatic heterocycles. The number of aromatic nitrogens is 2. The van der Waals surface area contributed by atoms with Crippen LogP contribution in [0.5, 0.6) is 5.88 Å². The van der Waals surface area contributed by atoms with E-state index in [1.807, 2.05) is 50.2 Å². The minimum Gasteiger partial charge on any atom is -0.471 e. The summed E-state index contributed by atoms with van der Waals surface area (Å²) in [5, 5.41) is 4.84. The lowest BCUT2D eigenvalue weighted by atomic mass is 9.80. The second-order valence-electron chi connectivity index (χ2n) is 17.2. The van der Waals surface area contributed by atoms with E-state index in [0.717, 1.165) is 12.1 Å². The fraction of sp³-hybridized carbons (Fsp3) is 0.545. The number of rotatable bonds is 10. The van der Waals surface area contributed by atoms with Crippen molar-refractivity contribution >= 4 is 49.9 Å². The van der Waals surface area contributed by atoms with Crippen molar-refractivity contribution in [2.75, 3.05) is 25.5 Å². The molecule has 0 spiro atoms. The van der Waals surface area contributed by atoms with E-state index >= 15 is 4.79 Å². The van der Waals surface area contributed by atoms with Crippen LogP contribution in [0.2, 0.25) is 0 Å². The Morgan fingerprint density at radius 1 is 0.983 bits per heavy atom. The molecule has 2 amide bonds. The molecule has 0 bridgehead atoms. The highest BCUT2D eigenvalue weighted by atomic mass is 32.2. The zero-order chi connectivity index (χ0) is 41.5. The van der Waals surface area contributed by atoms with Crippen LogP contribution in [0.1, 0.15) is 88.9 Å². The summed E-state index contributed by atoms with van der Waals surface area (Å²) in [7, 11) is -0.0354. The molecular weight excluding hydrogens is 759 g/mol. The summed E-state index contributed by atoms with van der Waals surface area (Å²) >= 11 is 0. The third kappa shape index (κ3) is 8.48. The Balaban J connectivity index is 1.24. The van der Waals surface area contributed by atoms with Crippen molar-refractivity contribution in [3.63, 3.8) is 0 Å². The molecule has 7 atom stereocenters. The molecule has 2 aliphatic carbocycles. The van der Waals surface area contributed by atoms with Gasteiger partial charge in [-0.25, -0.2) is 13.1 Å². The van der Waals surface area contributed by atoms with E-state index in [9.17, 15) is 27.6 Å². The summed E-state index contributed by atoms with van der Waals surface area (Å²) in [6.45, 7) is 6.24. The van der Waals surface area contributed by atoms with E-state index < -0.39 is 44.7 Å². The Bertz CT molecular complexity index is 2280. The van der Waals surface area contributed by atoms with Crippen LogP contribution >= 0.6 is 0 Å². The summed E-state index contributed by atoms with van der Waals surface area (Å²) in [6, 6.07) is 13.3. The number of nitrogens with one attached hydrogen (secondary N) is 1. The molecule has 0 radical (unpaired) electrons. The van der Waals surface area contributed by atoms with Crippen LogP contribution in [0.4, 0.5) is 5.69 Å². The highest BCUT2D eigenvalue weighted by Crippen LogP contribution is 2.57. The number of ether oxygens (including phenoxy) is 1. The van der Waals surface area contributed by atoms with Crippen LogP contribution in [0.3, 0.4) is 0 Å². The minimum atomic E-state index is -3.87. The number of hydrogen-bond acceptors (Lipinski definition) is 10. The Morgan fingerprint density at radius 3 is 2.36 bits per heavy atom. The van der Waals surface area contributed by atoms with Crippen LogP contribution in [-0.2, 0) is 31.0 Å². The number of Topliss-reactive ketones (excluding diaryl/α,β-unsaturated/α-hetero) is 2. The molecule has 13 nitrogen and oxygen atoms in total. The summed E-state index contributed by atoms with van der Waals surface area (Å²) < 4.78 is 36.1. The minimum absolute atomic E-state index is 0.0135. The maximum atomic E-state index is 15.1. The molecule has 7 rings (SSSR count). The average Bonchev–Trinajstić information content (AvgIpc) is 4.13. The Labute approximate surface area is 340 Å². The first-order valence-electron chi connectivity index (χ1n) is 20.6. The van der Waals surface area contributed by atoms with Gasteiger partial charge in [0.2, 0.25) is 27.7 Å². The highest BCUT2D eigenvalue weighted by molar-refractivity contribution is 7.90. The number of nitrogens with zero attached hydrogens (tertiary/aromatic N) is 4. The van der Waals surface area contributed by atoms with E-state index in [4.69, 9.17) is 4.74 Å². The molecule has 14 heteroatoms. The highest BCUT2D eigenvalue weighted by Gasteiger charge is 2.61. The Kier molecular flexibility index (Phi) is 11.7. The van der Waals surface area contributed by atoms with Crippen LogP contribution in [0.15, 0.2) is 65.5 Å². The fourth-order valence-corrected chi connectivity index (χ4v) is 10.3. The Morgan fingerprint density at radius 2 is 1.69 bits per heavy atom. The summed E-state index contributed by atoms with van der Waals surface area (Å²) in [5.74, 6) is -2.47. The van der Waals surface area contributed by atoms with Gasteiger partial charge in [-0.1, -0.05) is 38.1 Å². The number of fused-ring (bicyclic) bond motifs is 3. The van der Waals surface area contributed by atoms with Gasteiger partial charge in [0.15, 0.2) is 11.6 Å². The number of allylic oxidation sites excluding steroid dienone is 2. The number of sulfonamides is 1. The number of amides is 2. The van der Waals surface area contributed by atoms with E-state index in [2.05, 4.69) is 16.7 Å². The predicted octanol–water partition coefficient (Wildman–Crippen LogP) is 5.31. The standard InChI is InChI=1S/C44H55N5O8S/c1-6-49-42(53)35-14-10-9-13-34(35)40(45-49)57-32-22-37-39(51)25-44(43(54)46-58(55,56)33-19-20-33)24-30(44)12-8-7-11-27(2)21-28(3)36(41(52)48(37)26-32)23-38(50)29-15-17-31(18-16-29)47(4)5/h8-10,12-18,27-28,30,32-33,36-37H,6-7,11,19-26H2,1-5H3,(H,46,54)/b12-8-/t27-,28+,30+,32+,36-,37-,44+/m0/s1. The summed E-state index contributed by atoms with van der Waals surface area (Å²) in [6.07, 6.45) is 6.50. The van der Waals surface area contributed by atoms with Crippen molar-refractivity contribution in [2.45, 2.75) is 102 Å². The van der Waals surface area contributed by atoms with Crippen LogP contribution < -0.4 is 19.9 Å². The van der Waals surface area contributed by atoms with E-state index in [0.29, 0.717) is 55.0 Å². The molecule has 1 saturated heterocycles. The molecule has 3 heterocycles. The van der Waals surface area contributed by atoms with Crippen molar-refractivity contribution in [3.8, 4) is 5.88 Å². The largest absolute Gasteiger partial charge is 0.471 e. The second kappa shape index (κ2) is 16.4. The first kappa shape index (κ1) is 41.3. The van der Waals surface area contributed by atoms with Gasteiger partial charge in [0.1, 0.15) is 6.10 Å². The molecule has 4 aliphatic rings. The number of hydrogen-bond donors (Lipinski definition) is 1. The second-order valence-corrected chi connectivity index (χ2v) is 19.2. The number of carbonyl (C=O) groups excluding carboxylic acids is 4. The van der Waals surface area contributed by atoms with Crippen molar-refractivity contribution < 1.29 is 32.3 Å². The van der Waals surface area contributed by atoms with Gasteiger partial charge in [-0.3, -0.25) is 28.7 Å². The topological polar surface area (TPSA) is 165 Å². The number of anilines is 1. The lowest BCUT2D eigenvalue weighted by Gasteiger charge is -2.32. The van der Waals surface area contributed by atoms with Gasteiger partial charge in [-0.15, -0.1) is 5.10 Å². The number of benzene rings is 2. The van der Waals surface area contributed by atoms with E-state index in [-0.39, 0.29) is 72.5 Å².